The summed E-state index contributed by atoms with van der Waals surface area (Å²) in [5.74, 6) is 2.63. The fraction of sp³-hybridized carbons (Fsp3) is 0.393. The first kappa shape index (κ1) is 28.3. The number of benzene rings is 2. The van der Waals surface area contributed by atoms with Gasteiger partial charge in [-0.05, 0) is 48.2 Å². The Bertz CT molecular complexity index is 1300. The summed E-state index contributed by atoms with van der Waals surface area (Å²) in [5.41, 5.74) is 1.91. The number of carbonyl (C=O) groups excluding carboxylic acids is 1. The van der Waals surface area contributed by atoms with Gasteiger partial charge >= 0.3 is 0 Å². The summed E-state index contributed by atoms with van der Waals surface area (Å²) in [5, 5.41) is 13.6. The molecule has 2 aromatic carbocycles. The molecule has 11 heteroatoms. The van der Waals surface area contributed by atoms with Crippen molar-refractivity contribution in [3.05, 3.63) is 58.2 Å². The molecule has 1 saturated heterocycles. The molecule has 1 aromatic heterocycles. The van der Waals surface area contributed by atoms with Crippen molar-refractivity contribution in [2.45, 2.75) is 31.8 Å². The van der Waals surface area contributed by atoms with E-state index in [1.807, 2.05) is 11.0 Å². The first-order valence-corrected chi connectivity index (χ1v) is 12.9. The Labute approximate surface area is 232 Å². The third kappa shape index (κ3) is 6.29. The number of hydrogen-bond donors (Lipinski definition) is 2. The number of anilines is 2. The lowest BCUT2D eigenvalue weighted by molar-refractivity contribution is 0.0993. The van der Waals surface area contributed by atoms with Crippen molar-refractivity contribution in [2.24, 2.45) is 0 Å². The molecule has 1 aliphatic heterocycles. The number of nitrogens with zero attached hydrogens (tertiary/aromatic N) is 3. The highest BCUT2D eigenvalue weighted by atomic mass is 35.5. The SMILES string of the molecule is COc1ccc(CNc2nc(N3CCC[C@H]3CO)ncc2C(=O)Cc2cc(OC)c(OC)c(OC)c2)cc1Cl. The Morgan fingerprint density at radius 1 is 1.05 bits per heavy atom. The van der Waals surface area contributed by atoms with Crippen LogP contribution in [0.5, 0.6) is 23.0 Å². The number of nitrogens with one attached hydrogen (secondary N) is 1. The maximum Gasteiger partial charge on any atom is 0.227 e. The lowest BCUT2D eigenvalue weighted by atomic mass is 10.0. The Hall–Kier alpha value is -3.76. The number of aromatic nitrogens is 2. The van der Waals surface area contributed by atoms with Gasteiger partial charge in [0.15, 0.2) is 17.3 Å². The average Bonchev–Trinajstić information content (AvgIpc) is 3.44. The number of aliphatic hydroxyl groups is 1. The minimum absolute atomic E-state index is 0.0122. The maximum absolute atomic E-state index is 13.6. The first-order valence-electron chi connectivity index (χ1n) is 12.5. The molecule has 1 fully saturated rings. The third-order valence-corrected chi connectivity index (χ3v) is 6.98. The van der Waals surface area contributed by atoms with Crippen LogP contribution in [-0.4, -0.2) is 68.5 Å². The van der Waals surface area contributed by atoms with Gasteiger partial charge in [-0.15, -0.1) is 0 Å². The van der Waals surface area contributed by atoms with E-state index >= 15 is 0 Å². The summed E-state index contributed by atoms with van der Waals surface area (Å²) >= 11 is 6.31. The summed E-state index contributed by atoms with van der Waals surface area (Å²) in [6.45, 7) is 1.11. The molecular formula is C28H33ClN4O6. The molecule has 1 aliphatic rings. The van der Waals surface area contributed by atoms with E-state index in [0.717, 1.165) is 24.9 Å². The van der Waals surface area contributed by atoms with E-state index in [-0.39, 0.29) is 24.9 Å². The maximum atomic E-state index is 13.6. The summed E-state index contributed by atoms with van der Waals surface area (Å²) in [4.78, 5) is 24.8. The molecule has 39 heavy (non-hydrogen) atoms. The van der Waals surface area contributed by atoms with Gasteiger partial charge in [-0.25, -0.2) is 4.98 Å². The summed E-state index contributed by atoms with van der Waals surface area (Å²) < 4.78 is 21.5. The number of ketones is 1. The zero-order valence-electron chi connectivity index (χ0n) is 22.5. The third-order valence-electron chi connectivity index (χ3n) is 6.69. The zero-order chi connectivity index (χ0) is 27.9. The standard InChI is InChI=1S/C28H33ClN4O6/c1-36-23-8-7-17(10-21(23)29)14-30-27-20(15-31-28(32-27)33-9-5-6-19(33)16-34)22(35)11-18-12-24(37-2)26(39-4)25(13-18)38-3/h7-8,10,12-13,15,19,34H,5-6,9,11,14,16H2,1-4H3,(H,30,31,32)/t19-/m0/s1. The second-order valence-electron chi connectivity index (χ2n) is 9.06. The summed E-state index contributed by atoms with van der Waals surface area (Å²) in [6.07, 6.45) is 3.39. The fourth-order valence-corrected chi connectivity index (χ4v) is 4.94. The molecule has 3 aromatic rings. The minimum atomic E-state index is -0.189. The highest BCUT2D eigenvalue weighted by Gasteiger charge is 2.27. The number of ether oxygens (including phenoxy) is 4. The number of carbonyl (C=O) groups is 1. The number of hydrogen-bond acceptors (Lipinski definition) is 10. The van der Waals surface area contributed by atoms with Gasteiger partial charge in [-0.3, -0.25) is 4.79 Å². The van der Waals surface area contributed by atoms with Crippen molar-refractivity contribution in [1.29, 1.82) is 0 Å². The van der Waals surface area contributed by atoms with E-state index in [1.54, 1.807) is 37.6 Å². The van der Waals surface area contributed by atoms with E-state index in [1.165, 1.54) is 21.3 Å². The molecule has 0 amide bonds. The van der Waals surface area contributed by atoms with Crippen LogP contribution in [0.2, 0.25) is 5.02 Å². The van der Waals surface area contributed by atoms with Gasteiger partial charge < -0.3 is 34.3 Å². The van der Waals surface area contributed by atoms with Crippen LogP contribution in [0, 0.1) is 0 Å². The highest BCUT2D eigenvalue weighted by Crippen LogP contribution is 2.38. The molecule has 0 radical (unpaired) electrons. The molecule has 4 rings (SSSR count). The molecule has 208 valence electrons. The highest BCUT2D eigenvalue weighted by molar-refractivity contribution is 6.32. The second kappa shape index (κ2) is 12.9. The Morgan fingerprint density at radius 2 is 1.77 bits per heavy atom. The number of rotatable bonds is 12. The van der Waals surface area contributed by atoms with E-state index in [9.17, 15) is 9.90 Å². The van der Waals surface area contributed by atoms with E-state index in [0.29, 0.717) is 57.5 Å². The van der Waals surface area contributed by atoms with Crippen molar-refractivity contribution in [1.82, 2.24) is 9.97 Å². The Kier molecular flexibility index (Phi) is 9.32. The Balaban J connectivity index is 1.65. The lowest BCUT2D eigenvalue weighted by Crippen LogP contribution is -2.33. The van der Waals surface area contributed by atoms with Crippen molar-refractivity contribution in [3.63, 3.8) is 0 Å². The second-order valence-corrected chi connectivity index (χ2v) is 9.47. The van der Waals surface area contributed by atoms with Crippen LogP contribution in [0.4, 0.5) is 11.8 Å². The minimum Gasteiger partial charge on any atom is -0.495 e. The molecular weight excluding hydrogens is 524 g/mol. The lowest BCUT2D eigenvalue weighted by Gasteiger charge is -2.24. The fourth-order valence-electron chi connectivity index (χ4n) is 4.66. The Morgan fingerprint density at radius 3 is 2.38 bits per heavy atom. The quantitative estimate of drug-likeness (QED) is 0.315. The molecule has 2 heterocycles. The van der Waals surface area contributed by atoms with Crippen LogP contribution in [-0.2, 0) is 13.0 Å². The monoisotopic (exact) mass is 556 g/mol. The van der Waals surface area contributed by atoms with Crippen molar-refractivity contribution >= 4 is 29.2 Å². The molecule has 0 unspecified atom stereocenters. The topological polar surface area (TPSA) is 115 Å². The van der Waals surface area contributed by atoms with E-state index in [2.05, 4.69) is 10.3 Å². The zero-order valence-corrected chi connectivity index (χ0v) is 23.2. The molecule has 0 aliphatic carbocycles. The predicted molar refractivity (Wildman–Crippen MR) is 149 cm³/mol. The summed E-state index contributed by atoms with van der Waals surface area (Å²) in [6, 6.07) is 8.92. The number of Topliss-reactive ketones (excluding diaryl/α,β-unsaturated/α-hetero) is 1. The van der Waals surface area contributed by atoms with Crippen LogP contribution in [0.25, 0.3) is 0 Å². The average molecular weight is 557 g/mol. The van der Waals surface area contributed by atoms with Crippen LogP contribution in [0.1, 0.15) is 34.3 Å². The number of aliphatic hydroxyl groups excluding tert-OH is 1. The molecule has 0 spiro atoms. The van der Waals surface area contributed by atoms with Gasteiger partial charge in [0.25, 0.3) is 0 Å². The van der Waals surface area contributed by atoms with Crippen LogP contribution in [0.15, 0.2) is 36.5 Å². The van der Waals surface area contributed by atoms with Gasteiger partial charge in [0, 0.05) is 25.7 Å². The van der Waals surface area contributed by atoms with Gasteiger partial charge in [0.2, 0.25) is 11.7 Å². The van der Waals surface area contributed by atoms with Gasteiger partial charge in [-0.2, -0.15) is 4.98 Å². The van der Waals surface area contributed by atoms with E-state index in [4.69, 9.17) is 35.5 Å². The molecule has 0 saturated carbocycles. The van der Waals surface area contributed by atoms with Crippen LogP contribution in [0.3, 0.4) is 0 Å². The van der Waals surface area contributed by atoms with Gasteiger partial charge in [0.05, 0.1) is 51.7 Å². The van der Waals surface area contributed by atoms with E-state index < -0.39 is 0 Å². The van der Waals surface area contributed by atoms with Crippen LogP contribution < -0.4 is 29.2 Å². The normalized spacial score (nSPS) is 14.7. The van der Waals surface area contributed by atoms with Gasteiger partial charge in [0.1, 0.15) is 11.6 Å². The molecule has 10 nitrogen and oxygen atoms in total. The van der Waals surface area contributed by atoms with Crippen molar-refractivity contribution < 1.29 is 28.8 Å². The smallest absolute Gasteiger partial charge is 0.227 e. The van der Waals surface area contributed by atoms with Crippen molar-refractivity contribution in [3.8, 4) is 23.0 Å². The largest absolute Gasteiger partial charge is 0.495 e. The van der Waals surface area contributed by atoms with Crippen LogP contribution >= 0.6 is 11.6 Å². The molecule has 1 atom stereocenters. The molecule has 2 N–H and O–H groups in total. The number of methoxy groups -OCH3 is 4. The van der Waals surface area contributed by atoms with Crippen molar-refractivity contribution in [2.75, 3.05) is 51.8 Å². The summed E-state index contributed by atoms with van der Waals surface area (Å²) in [7, 11) is 6.15. The molecule has 0 bridgehead atoms. The van der Waals surface area contributed by atoms with Gasteiger partial charge in [-0.1, -0.05) is 17.7 Å². The predicted octanol–water partition coefficient (Wildman–Crippen LogP) is 4.16. The number of halogens is 1. The first-order chi connectivity index (χ1) is 18.9.